The number of anilines is 2. The van der Waals surface area contributed by atoms with Crippen LogP contribution in [0.15, 0.2) is 109 Å². The monoisotopic (exact) mass is 493 g/mol. The van der Waals surface area contributed by atoms with Crippen LogP contribution in [0.1, 0.15) is 34.5 Å². The number of carbonyl (C=O) groups excluding carboxylic acids is 2. The molecule has 1 atom stereocenters. The second-order valence-corrected chi connectivity index (χ2v) is 8.70. The van der Waals surface area contributed by atoms with Crippen LogP contribution in [0.3, 0.4) is 0 Å². The van der Waals surface area contributed by atoms with E-state index < -0.39 is 0 Å². The van der Waals surface area contributed by atoms with Crippen LogP contribution in [0.2, 0.25) is 0 Å². The van der Waals surface area contributed by atoms with E-state index in [0.29, 0.717) is 29.3 Å². The van der Waals surface area contributed by atoms with Crippen LogP contribution in [0.4, 0.5) is 11.4 Å². The highest BCUT2D eigenvalue weighted by atomic mass is 16.5. The van der Waals surface area contributed by atoms with Crippen molar-refractivity contribution in [2.24, 2.45) is 0 Å². The predicted molar refractivity (Wildman–Crippen MR) is 148 cm³/mol. The van der Waals surface area contributed by atoms with E-state index in [0.717, 1.165) is 12.0 Å². The van der Waals surface area contributed by atoms with E-state index in [1.807, 2.05) is 85.8 Å². The van der Waals surface area contributed by atoms with E-state index >= 15 is 0 Å². The zero-order valence-electron chi connectivity index (χ0n) is 20.8. The molecule has 0 aromatic heterocycles. The smallest absolute Gasteiger partial charge is 0.251 e. The second-order valence-electron chi connectivity index (χ2n) is 8.70. The van der Waals surface area contributed by atoms with Crippen LogP contribution in [-0.2, 0) is 11.2 Å². The number of rotatable bonds is 11. The number of ether oxygens (including phenoxy) is 1. The maximum atomic E-state index is 12.7. The lowest BCUT2D eigenvalue weighted by atomic mass is 10.1. The Kier molecular flexibility index (Phi) is 8.92. The van der Waals surface area contributed by atoms with Crippen molar-refractivity contribution in [3.63, 3.8) is 0 Å². The van der Waals surface area contributed by atoms with Crippen LogP contribution in [0, 0.1) is 0 Å². The van der Waals surface area contributed by atoms with Gasteiger partial charge in [0.2, 0.25) is 5.91 Å². The van der Waals surface area contributed by atoms with E-state index in [1.54, 1.807) is 18.2 Å². The number of carbonyl (C=O) groups is 2. The first-order chi connectivity index (χ1) is 18.1. The van der Waals surface area contributed by atoms with Gasteiger partial charge in [-0.3, -0.25) is 9.59 Å². The molecule has 4 aromatic rings. The normalized spacial score (nSPS) is 11.3. The Morgan fingerprint density at radius 3 is 2.27 bits per heavy atom. The van der Waals surface area contributed by atoms with Gasteiger partial charge < -0.3 is 20.7 Å². The summed E-state index contributed by atoms with van der Waals surface area (Å²) in [6.07, 6.45) is 0.809. The fourth-order valence-electron chi connectivity index (χ4n) is 3.86. The average molecular weight is 494 g/mol. The molecule has 0 bridgehead atoms. The quantitative estimate of drug-likeness (QED) is 0.245. The van der Waals surface area contributed by atoms with Crippen molar-refractivity contribution in [2.75, 3.05) is 23.8 Å². The van der Waals surface area contributed by atoms with Crippen LogP contribution < -0.4 is 20.7 Å². The summed E-state index contributed by atoms with van der Waals surface area (Å²) in [7, 11) is 0. The van der Waals surface area contributed by atoms with Gasteiger partial charge in [-0.2, -0.15) is 0 Å². The molecule has 188 valence electrons. The van der Waals surface area contributed by atoms with Gasteiger partial charge in [0, 0.05) is 29.4 Å². The number of nitrogens with one attached hydrogen (secondary N) is 3. The molecule has 6 nitrogen and oxygen atoms in total. The highest BCUT2D eigenvalue weighted by Gasteiger charge is 2.12. The molecule has 2 amide bonds. The Morgan fingerprint density at radius 1 is 0.784 bits per heavy atom. The predicted octanol–water partition coefficient (Wildman–Crippen LogP) is 5.85. The lowest BCUT2D eigenvalue weighted by molar-refractivity contribution is -0.114. The summed E-state index contributed by atoms with van der Waals surface area (Å²) >= 11 is 0. The van der Waals surface area contributed by atoms with Crippen molar-refractivity contribution in [2.45, 2.75) is 19.4 Å². The summed E-state index contributed by atoms with van der Waals surface area (Å²) in [6, 6.07) is 34.3. The van der Waals surface area contributed by atoms with E-state index in [9.17, 15) is 9.59 Å². The van der Waals surface area contributed by atoms with Gasteiger partial charge in [-0.05, 0) is 48.4 Å². The van der Waals surface area contributed by atoms with Gasteiger partial charge in [-0.15, -0.1) is 0 Å². The van der Waals surface area contributed by atoms with Crippen molar-refractivity contribution in [1.82, 2.24) is 5.32 Å². The largest absolute Gasteiger partial charge is 0.493 e. The summed E-state index contributed by atoms with van der Waals surface area (Å²) in [5, 5.41) is 8.98. The Hall–Kier alpha value is -4.58. The minimum absolute atomic E-state index is 0.0601. The van der Waals surface area contributed by atoms with Crippen LogP contribution in [0.25, 0.3) is 0 Å². The number of benzene rings is 4. The van der Waals surface area contributed by atoms with Gasteiger partial charge in [0.05, 0.1) is 19.2 Å². The molecule has 3 N–H and O–H groups in total. The molecule has 0 radical (unpaired) electrons. The third kappa shape index (κ3) is 7.97. The van der Waals surface area contributed by atoms with Crippen molar-refractivity contribution >= 4 is 23.2 Å². The highest BCUT2D eigenvalue weighted by molar-refractivity contribution is 5.96. The molecule has 6 heteroatoms. The van der Waals surface area contributed by atoms with E-state index in [-0.39, 0.29) is 24.4 Å². The molecule has 4 aromatic carbocycles. The van der Waals surface area contributed by atoms with Crippen LogP contribution in [0.5, 0.6) is 5.75 Å². The molecular weight excluding hydrogens is 462 g/mol. The molecule has 0 aliphatic heterocycles. The minimum atomic E-state index is -0.200. The molecule has 37 heavy (non-hydrogen) atoms. The summed E-state index contributed by atoms with van der Waals surface area (Å²) in [5.41, 5.74) is 4.12. The van der Waals surface area contributed by atoms with Crippen molar-refractivity contribution in [3.05, 3.63) is 126 Å². The lowest BCUT2D eigenvalue weighted by Gasteiger charge is -2.15. The molecule has 0 aliphatic carbocycles. The van der Waals surface area contributed by atoms with Crippen LogP contribution in [-0.4, -0.2) is 25.0 Å². The number of hydrogen-bond donors (Lipinski definition) is 3. The fourth-order valence-corrected chi connectivity index (χ4v) is 3.86. The fraction of sp³-hybridized carbons (Fsp3) is 0.161. The van der Waals surface area contributed by atoms with Gasteiger partial charge in [-0.25, -0.2) is 0 Å². The summed E-state index contributed by atoms with van der Waals surface area (Å²) in [6.45, 7) is 2.56. The third-order valence-electron chi connectivity index (χ3n) is 5.85. The van der Waals surface area contributed by atoms with Crippen molar-refractivity contribution < 1.29 is 14.3 Å². The molecule has 0 heterocycles. The Balaban J connectivity index is 1.25. The van der Waals surface area contributed by atoms with Crippen molar-refractivity contribution in [3.8, 4) is 5.75 Å². The van der Waals surface area contributed by atoms with E-state index in [1.165, 1.54) is 5.56 Å². The van der Waals surface area contributed by atoms with Gasteiger partial charge in [-0.1, -0.05) is 72.8 Å². The summed E-state index contributed by atoms with van der Waals surface area (Å²) in [4.78, 5) is 25.2. The standard InChI is InChI=1S/C31H31N3O3/c1-23(25-12-6-3-7-13-25)33-31(36)26-14-8-15-27(20-26)32-22-30(35)34-28-16-9-17-29(21-28)37-19-18-24-10-4-2-5-11-24/h2-17,20-21,23,32H,18-19,22H2,1H3,(H,33,36)(H,34,35). The Morgan fingerprint density at radius 2 is 1.49 bits per heavy atom. The molecule has 4 rings (SSSR count). The average Bonchev–Trinajstić information content (AvgIpc) is 2.93. The molecule has 0 spiro atoms. The van der Waals surface area contributed by atoms with Crippen molar-refractivity contribution in [1.29, 1.82) is 0 Å². The molecule has 0 aliphatic rings. The zero-order chi connectivity index (χ0) is 25.9. The summed E-state index contributed by atoms with van der Waals surface area (Å²) < 4.78 is 5.85. The molecular formula is C31H31N3O3. The van der Waals surface area contributed by atoms with Gasteiger partial charge >= 0.3 is 0 Å². The lowest BCUT2D eigenvalue weighted by Crippen LogP contribution is -2.26. The van der Waals surface area contributed by atoms with E-state index in [4.69, 9.17) is 4.74 Å². The van der Waals surface area contributed by atoms with Gasteiger partial charge in [0.15, 0.2) is 0 Å². The zero-order valence-corrected chi connectivity index (χ0v) is 20.8. The first-order valence-electron chi connectivity index (χ1n) is 12.3. The van der Waals surface area contributed by atoms with Crippen LogP contribution >= 0.6 is 0 Å². The Labute approximate surface area is 217 Å². The van der Waals surface area contributed by atoms with Gasteiger partial charge in [0.1, 0.15) is 5.75 Å². The number of amides is 2. The number of hydrogen-bond acceptors (Lipinski definition) is 4. The maximum Gasteiger partial charge on any atom is 0.251 e. The third-order valence-corrected chi connectivity index (χ3v) is 5.85. The van der Waals surface area contributed by atoms with E-state index in [2.05, 4.69) is 28.1 Å². The maximum absolute atomic E-state index is 12.7. The first kappa shape index (κ1) is 25.5. The minimum Gasteiger partial charge on any atom is -0.493 e. The van der Waals surface area contributed by atoms with Gasteiger partial charge in [0.25, 0.3) is 5.91 Å². The molecule has 0 fully saturated rings. The molecule has 1 unspecified atom stereocenters. The summed E-state index contributed by atoms with van der Waals surface area (Å²) in [5.74, 6) is 0.327. The molecule has 0 saturated heterocycles. The molecule has 0 saturated carbocycles. The second kappa shape index (κ2) is 12.9. The highest BCUT2D eigenvalue weighted by Crippen LogP contribution is 2.18. The Bertz CT molecular complexity index is 1310. The SMILES string of the molecule is CC(NC(=O)c1cccc(NCC(=O)Nc2cccc(OCCc3ccccc3)c2)c1)c1ccccc1. The first-order valence-corrected chi connectivity index (χ1v) is 12.3. The topological polar surface area (TPSA) is 79.5 Å².